The van der Waals surface area contributed by atoms with Crippen molar-refractivity contribution in [2.75, 3.05) is 0 Å². The Balaban J connectivity index is 0.00000261. The first-order chi connectivity index (χ1) is 12.4. The molecule has 2 N–H and O–H groups in total. The zero-order valence-corrected chi connectivity index (χ0v) is 15.6. The maximum Gasteiger partial charge on any atom is 0.291 e. The number of hydrogen-bond acceptors (Lipinski definition) is 3. The lowest BCUT2D eigenvalue weighted by atomic mass is 9.82. The van der Waals surface area contributed by atoms with Crippen molar-refractivity contribution in [1.82, 2.24) is 5.32 Å². The largest absolute Gasteiger partial charge is 1.00 e. The van der Waals surface area contributed by atoms with Gasteiger partial charge in [0.2, 0.25) is 0 Å². The number of halogens is 1. The Labute approximate surface area is 158 Å². The number of fused-ring (bicyclic) bond motifs is 1. The van der Waals surface area contributed by atoms with Gasteiger partial charge in [0.25, 0.3) is 16.0 Å². The van der Waals surface area contributed by atoms with Gasteiger partial charge in [-0.15, -0.1) is 0 Å². The van der Waals surface area contributed by atoms with Gasteiger partial charge < -0.3 is 10.0 Å². The highest BCUT2D eigenvalue weighted by molar-refractivity contribution is 7.89. The maximum atomic E-state index is 12.6. The summed E-state index contributed by atoms with van der Waals surface area (Å²) in [5.74, 6) is -1.18. The van der Waals surface area contributed by atoms with Crippen LogP contribution in [0.2, 0.25) is 0 Å². The van der Waals surface area contributed by atoms with Gasteiger partial charge in [0, 0.05) is 23.1 Å². The van der Waals surface area contributed by atoms with Crippen LogP contribution in [0.25, 0.3) is 0 Å². The molecule has 0 fully saturated rings. The van der Waals surface area contributed by atoms with Gasteiger partial charge in [-0.05, 0) is 36.3 Å². The van der Waals surface area contributed by atoms with Crippen LogP contribution in [0, 0.1) is 11.8 Å². The Morgan fingerprint density at radius 3 is 2.33 bits per heavy atom. The molecule has 0 aliphatic heterocycles. The van der Waals surface area contributed by atoms with Gasteiger partial charge in [-0.2, -0.15) is 8.42 Å². The molecule has 0 saturated carbocycles. The van der Waals surface area contributed by atoms with E-state index in [1.807, 2.05) is 24.3 Å². The number of amides is 1. The fraction of sp³-hybridized carbons (Fsp3) is 0.250. The number of aryl methyl sites for hydroxylation is 1. The molecule has 27 heavy (non-hydrogen) atoms. The number of benzene rings is 1. The third-order valence-electron chi connectivity index (χ3n) is 4.54. The van der Waals surface area contributed by atoms with Crippen molar-refractivity contribution in [3.8, 4) is 0 Å². The van der Waals surface area contributed by atoms with E-state index in [2.05, 4.69) is 12.2 Å². The van der Waals surface area contributed by atoms with E-state index in [4.69, 9.17) is 0 Å². The van der Waals surface area contributed by atoms with Crippen molar-refractivity contribution in [1.29, 1.82) is 0 Å². The predicted molar refractivity (Wildman–Crippen MR) is 101 cm³/mol. The zero-order valence-electron chi connectivity index (χ0n) is 14.8. The lowest BCUT2D eigenvalue weighted by Gasteiger charge is -2.30. The van der Waals surface area contributed by atoms with Crippen molar-refractivity contribution in [2.45, 2.75) is 19.8 Å². The lowest BCUT2D eigenvalue weighted by molar-refractivity contribution is -0.0000175. The molecule has 0 heterocycles. The second-order valence-electron chi connectivity index (χ2n) is 6.39. The molecule has 2 unspecified atom stereocenters. The van der Waals surface area contributed by atoms with E-state index in [0.717, 1.165) is 18.4 Å². The van der Waals surface area contributed by atoms with Crippen LogP contribution in [0.15, 0.2) is 71.3 Å². The first-order valence-electron chi connectivity index (χ1n) is 8.54. The molecule has 7 heteroatoms. The Hall–Kier alpha value is -2.51. The fourth-order valence-electron chi connectivity index (χ4n) is 3.29. The fourth-order valence-corrected chi connectivity index (χ4v) is 4.15. The molecule has 0 saturated heterocycles. The quantitative estimate of drug-likeness (QED) is 0.713. The highest BCUT2D eigenvalue weighted by atomic mass is 32.2. The Bertz CT molecular complexity index is 927. The second-order valence-corrected chi connectivity index (χ2v) is 7.81. The van der Waals surface area contributed by atoms with Crippen molar-refractivity contribution >= 4 is 16.0 Å². The first-order valence-corrected chi connectivity index (χ1v) is 9.98. The van der Waals surface area contributed by atoms with Crippen LogP contribution in [0.1, 0.15) is 29.3 Å². The van der Waals surface area contributed by atoms with E-state index < -0.39 is 16.0 Å². The van der Waals surface area contributed by atoms with Crippen LogP contribution in [-0.4, -0.2) is 18.9 Å². The van der Waals surface area contributed by atoms with E-state index in [-0.39, 0.29) is 21.4 Å². The summed E-state index contributed by atoms with van der Waals surface area (Å²) < 4.78 is 33.0. The molecule has 2 aliphatic rings. The van der Waals surface area contributed by atoms with Gasteiger partial charge in [-0.1, -0.05) is 49.8 Å². The minimum atomic E-state index is -4.36. The minimum Gasteiger partial charge on any atom is -1.00 e. The molecule has 144 valence electrons. The summed E-state index contributed by atoms with van der Waals surface area (Å²) in [6.07, 6.45) is 12.1. The van der Waals surface area contributed by atoms with E-state index in [9.17, 15) is 17.8 Å². The summed E-state index contributed by atoms with van der Waals surface area (Å²) in [6, 6.07) is 7.36. The van der Waals surface area contributed by atoms with E-state index in [0.29, 0.717) is 11.3 Å². The van der Waals surface area contributed by atoms with E-state index in [1.165, 1.54) is 6.08 Å². The zero-order chi connectivity index (χ0) is 18.7. The molecule has 3 rings (SSSR count). The summed E-state index contributed by atoms with van der Waals surface area (Å²) in [5, 5.41) is 2.81. The van der Waals surface area contributed by atoms with Crippen LogP contribution in [0.5, 0.6) is 0 Å². The van der Waals surface area contributed by atoms with E-state index >= 15 is 0 Å². The molecule has 5 nitrogen and oxygen atoms in total. The van der Waals surface area contributed by atoms with Crippen molar-refractivity contribution in [3.05, 3.63) is 82.5 Å². The van der Waals surface area contributed by atoms with Gasteiger partial charge in [-0.25, -0.2) is 0 Å². The molecular weight excluding hydrogens is 369 g/mol. The van der Waals surface area contributed by atoms with Gasteiger partial charge in [0.15, 0.2) is 0 Å². The molecule has 1 aromatic carbocycles. The van der Waals surface area contributed by atoms with Crippen molar-refractivity contribution < 1.29 is 22.5 Å². The summed E-state index contributed by atoms with van der Waals surface area (Å²) >= 11 is 0. The smallest absolute Gasteiger partial charge is 0.291 e. The number of hydrogen-bond donors (Lipinski definition) is 2. The summed E-state index contributed by atoms with van der Waals surface area (Å²) in [6.45, 7) is 2.10. The molecular formula is C20H21FNO4S-. The molecule has 2 atom stereocenters. The Morgan fingerprint density at radius 1 is 1.11 bits per heavy atom. The standard InChI is InChI=1S/C20H21NO4S.FH/c1-2-5-14-10-12-16(13-11-14)20(22)21-17-8-3-6-15-7-4-9-18(19(15)17)26(23,24)25;/h3-4,6-13,15,19H,2,5H2,1H3,(H,21,22)(H,23,24,25);1H/p-1. The van der Waals surface area contributed by atoms with Crippen LogP contribution in [0.4, 0.5) is 0 Å². The number of allylic oxidation sites excluding steroid dienone is 7. The van der Waals surface area contributed by atoms with E-state index in [1.54, 1.807) is 30.4 Å². The van der Waals surface area contributed by atoms with Crippen LogP contribution in [0.3, 0.4) is 0 Å². The monoisotopic (exact) mass is 390 g/mol. The number of carbonyl (C=O) groups is 1. The number of rotatable bonds is 5. The number of carbonyl (C=O) groups excluding carboxylic acids is 1. The van der Waals surface area contributed by atoms with Gasteiger partial charge in [0.05, 0.1) is 4.91 Å². The lowest BCUT2D eigenvalue weighted by Crippen LogP contribution is -3.00. The summed E-state index contributed by atoms with van der Waals surface area (Å²) in [7, 11) is -4.36. The molecule has 1 aromatic rings. The van der Waals surface area contributed by atoms with Crippen molar-refractivity contribution in [2.24, 2.45) is 11.8 Å². The van der Waals surface area contributed by atoms with Gasteiger partial charge in [-0.3, -0.25) is 9.35 Å². The maximum absolute atomic E-state index is 12.6. The first kappa shape index (κ1) is 20.8. The van der Waals surface area contributed by atoms with Crippen LogP contribution < -0.4 is 10.0 Å². The summed E-state index contributed by atoms with van der Waals surface area (Å²) in [4.78, 5) is 12.5. The van der Waals surface area contributed by atoms with Crippen LogP contribution in [-0.2, 0) is 16.5 Å². The second kappa shape index (κ2) is 8.45. The SMILES string of the molecule is CCCc1ccc(C(=O)NC2=CC=CC3C=CC=C(S(=O)(=O)O)C23)cc1.[F-]. The molecule has 0 spiro atoms. The van der Waals surface area contributed by atoms with Gasteiger partial charge >= 0.3 is 0 Å². The molecule has 2 aliphatic carbocycles. The summed E-state index contributed by atoms with van der Waals surface area (Å²) in [5.41, 5.74) is 2.12. The molecule has 0 aromatic heterocycles. The third kappa shape index (κ3) is 4.61. The normalized spacial score (nSPS) is 20.8. The highest BCUT2D eigenvalue weighted by Crippen LogP contribution is 2.37. The Morgan fingerprint density at radius 2 is 1.74 bits per heavy atom. The molecule has 0 bridgehead atoms. The van der Waals surface area contributed by atoms with Crippen molar-refractivity contribution in [3.63, 3.8) is 0 Å². The third-order valence-corrected chi connectivity index (χ3v) is 5.53. The van der Waals surface area contributed by atoms with Crippen LogP contribution >= 0.6 is 0 Å². The molecule has 0 radical (unpaired) electrons. The Kier molecular flexibility index (Phi) is 6.51. The average Bonchev–Trinajstić information content (AvgIpc) is 2.61. The predicted octanol–water partition coefficient (Wildman–Crippen LogP) is 0.401. The molecule has 1 amide bonds. The minimum absolute atomic E-state index is 0. The topological polar surface area (TPSA) is 83.5 Å². The average molecular weight is 390 g/mol. The van der Waals surface area contributed by atoms with Gasteiger partial charge in [0.1, 0.15) is 0 Å². The highest BCUT2D eigenvalue weighted by Gasteiger charge is 2.35. The number of nitrogens with one attached hydrogen (secondary N) is 1.